The molecule has 34 heavy (non-hydrogen) atoms. The van der Waals surface area contributed by atoms with E-state index in [4.69, 9.17) is 17.0 Å². The number of benzene rings is 3. The number of carbonyl (C=O) groups is 1. The minimum absolute atomic E-state index is 0.0388. The Bertz CT molecular complexity index is 1280. The molecule has 0 atom stereocenters. The lowest BCUT2D eigenvalue weighted by atomic mass is 10.2. The molecule has 0 fully saturated rings. The number of hydrogen-bond acceptors (Lipinski definition) is 5. The molecular formula is C24H22FN3O4S2. The van der Waals surface area contributed by atoms with E-state index in [1.165, 1.54) is 60.7 Å². The molecule has 0 aliphatic carbocycles. The van der Waals surface area contributed by atoms with Crippen LogP contribution in [0.2, 0.25) is 0 Å². The Balaban J connectivity index is 1.55. The van der Waals surface area contributed by atoms with E-state index in [9.17, 15) is 17.6 Å². The maximum atomic E-state index is 12.9. The van der Waals surface area contributed by atoms with Crippen LogP contribution in [0.5, 0.6) is 5.75 Å². The highest BCUT2D eigenvalue weighted by atomic mass is 32.2. The highest BCUT2D eigenvalue weighted by Crippen LogP contribution is 2.20. The zero-order valence-electron chi connectivity index (χ0n) is 18.1. The van der Waals surface area contributed by atoms with Crippen LogP contribution in [-0.4, -0.2) is 26.0 Å². The summed E-state index contributed by atoms with van der Waals surface area (Å²) in [4.78, 5) is 12.1. The second kappa shape index (κ2) is 11.4. The summed E-state index contributed by atoms with van der Waals surface area (Å²) in [6.07, 6.45) is 2.79. The molecule has 1 amide bonds. The molecule has 0 aromatic heterocycles. The minimum atomic E-state index is -3.79. The SMILES string of the molecule is CCOc1ccc(NS(=O)(=O)c2ccc(NC(=S)NC(=O)C=Cc3ccc(F)cc3)cc2)cc1. The molecular weight excluding hydrogens is 477 g/mol. The van der Waals surface area contributed by atoms with Gasteiger partial charge in [-0.2, -0.15) is 0 Å². The highest BCUT2D eigenvalue weighted by Gasteiger charge is 2.14. The van der Waals surface area contributed by atoms with Crippen molar-refractivity contribution in [2.45, 2.75) is 11.8 Å². The number of ether oxygens (including phenoxy) is 1. The number of hydrogen-bond donors (Lipinski definition) is 3. The molecule has 0 spiro atoms. The molecule has 7 nitrogen and oxygen atoms in total. The normalized spacial score (nSPS) is 11.1. The van der Waals surface area contributed by atoms with E-state index in [2.05, 4.69) is 15.4 Å². The zero-order chi connectivity index (χ0) is 24.6. The van der Waals surface area contributed by atoms with E-state index in [1.54, 1.807) is 24.3 Å². The standard InChI is InChI=1S/C24H22FN3O4S2/c1-2-32-21-12-8-20(9-13-21)28-34(30,31)22-14-10-19(11-15-22)26-24(33)27-23(29)16-5-17-3-6-18(25)7-4-17/h3-16,28H,2H2,1H3,(H2,26,27,29,33). The lowest BCUT2D eigenvalue weighted by molar-refractivity contribution is -0.115. The van der Waals surface area contributed by atoms with Gasteiger partial charge in [0.15, 0.2) is 5.11 Å². The van der Waals surface area contributed by atoms with Gasteiger partial charge in [0.2, 0.25) is 5.91 Å². The molecule has 3 aromatic carbocycles. The van der Waals surface area contributed by atoms with Crippen LogP contribution < -0.4 is 20.1 Å². The summed E-state index contributed by atoms with van der Waals surface area (Å²) in [5, 5.41) is 5.33. The van der Waals surface area contributed by atoms with Gasteiger partial charge in [0.25, 0.3) is 10.0 Å². The molecule has 0 saturated heterocycles. The number of rotatable bonds is 8. The predicted molar refractivity (Wildman–Crippen MR) is 135 cm³/mol. The number of nitrogens with one attached hydrogen (secondary N) is 3. The summed E-state index contributed by atoms with van der Waals surface area (Å²) < 4.78 is 46.0. The minimum Gasteiger partial charge on any atom is -0.494 e. The molecule has 0 bridgehead atoms. The van der Waals surface area contributed by atoms with E-state index in [1.807, 2.05) is 6.92 Å². The molecule has 0 aliphatic heterocycles. The van der Waals surface area contributed by atoms with Crippen LogP contribution in [-0.2, 0) is 14.8 Å². The van der Waals surface area contributed by atoms with Crippen molar-refractivity contribution in [2.75, 3.05) is 16.6 Å². The Kier molecular flexibility index (Phi) is 8.34. The maximum absolute atomic E-state index is 12.9. The second-order valence-electron chi connectivity index (χ2n) is 6.92. The average Bonchev–Trinajstić information content (AvgIpc) is 2.80. The van der Waals surface area contributed by atoms with E-state index >= 15 is 0 Å². The Morgan fingerprint density at radius 2 is 1.59 bits per heavy atom. The van der Waals surface area contributed by atoms with Gasteiger partial charge >= 0.3 is 0 Å². The zero-order valence-corrected chi connectivity index (χ0v) is 19.8. The van der Waals surface area contributed by atoms with Gasteiger partial charge in [-0.1, -0.05) is 12.1 Å². The summed E-state index contributed by atoms with van der Waals surface area (Å²) in [6.45, 7) is 2.38. The number of amides is 1. The first-order valence-electron chi connectivity index (χ1n) is 10.2. The molecule has 0 aliphatic rings. The smallest absolute Gasteiger partial charge is 0.261 e. The van der Waals surface area contributed by atoms with Crippen molar-refractivity contribution in [3.63, 3.8) is 0 Å². The van der Waals surface area contributed by atoms with Crippen LogP contribution in [0.1, 0.15) is 12.5 Å². The molecule has 0 unspecified atom stereocenters. The van der Waals surface area contributed by atoms with Gasteiger partial charge in [-0.25, -0.2) is 12.8 Å². The Labute approximate surface area is 202 Å². The van der Waals surface area contributed by atoms with Gasteiger partial charge in [0.05, 0.1) is 11.5 Å². The van der Waals surface area contributed by atoms with E-state index in [0.29, 0.717) is 29.3 Å². The van der Waals surface area contributed by atoms with Crippen LogP contribution in [0.3, 0.4) is 0 Å². The fourth-order valence-electron chi connectivity index (χ4n) is 2.78. The third kappa shape index (κ3) is 7.39. The van der Waals surface area contributed by atoms with Gasteiger partial charge in [-0.05, 0) is 91.4 Å². The summed E-state index contributed by atoms with van der Waals surface area (Å²) in [7, 11) is -3.79. The quantitative estimate of drug-likeness (QED) is 0.311. The third-order valence-electron chi connectivity index (χ3n) is 4.37. The number of carbonyl (C=O) groups excluding carboxylic acids is 1. The Hall–Kier alpha value is -3.76. The number of anilines is 2. The van der Waals surface area contributed by atoms with Crippen molar-refractivity contribution >= 4 is 50.7 Å². The molecule has 176 valence electrons. The first-order chi connectivity index (χ1) is 16.2. The van der Waals surface area contributed by atoms with Crippen molar-refractivity contribution in [2.24, 2.45) is 0 Å². The van der Waals surface area contributed by atoms with Crippen LogP contribution in [0.25, 0.3) is 6.08 Å². The average molecular weight is 500 g/mol. The van der Waals surface area contributed by atoms with E-state index in [0.717, 1.165) is 0 Å². The molecule has 3 rings (SSSR count). The van der Waals surface area contributed by atoms with Crippen LogP contribution in [0.15, 0.2) is 83.8 Å². The molecule has 3 aromatic rings. The molecule has 0 radical (unpaired) electrons. The lowest BCUT2D eigenvalue weighted by Gasteiger charge is -2.11. The van der Waals surface area contributed by atoms with Gasteiger partial charge in [-0.3, -0.25) is 14.8 Å². The van der Waals surface area contributed by atoms with Crippen molar-refractivity contribution in [1.82, 2.24) is 5.32 Å². The highest BCUT2D eigenvalue weighted by molar-refractivity contribution is 7.92. The van der Waals surface area contributed by atoms with Gasteiger partial charge in [0, 0.05) is 17.5 Å². The largest absolute Gasteiger partial charge is 0.494 e. The third-order valence-corrected chi connectivity index (χ3v) is 5.98. The van der Waals surface area contributed by atoms with Crippen molar-refractivity contribution in [3.8, 4) is 5.75 Å². The van der Waals surface area contributed by atoms with Gasteiger partial charge in [0.1, 0.15) is 11.6 Å². The first kappa shape index (κ1) is 24.9. The number of thiocarbonyl (C=S) groups is 1. The predicted octanol–water partition coefficient (Wildman–Crippen LogP) is 4.55. The van der Waals surface area contributed by atoms with E-state index < -0.39 is 15.9 Å². The van der Waals surface area contributed by atoms with Crippen LogP contribution >= 0.6 is 12.2 Å². The lowest BCUT2D eigenvalue weighted by Crippen LogP contribution is -2.32. The van der Waals surface area contributed by atoms with Gasteiger partial charge < -0.3 is 10.1 Å². The monoisotopic (exact) mass is 499 g/mol. The summed E-state index contributed by atoms with van der Waals surface area (Å²) in [6, 6.07) is 18.1. The summed E-state index contributed by atoms with van der Waals surface area (Å²) in [5.41, 5.74) is 1.56. The molecule has 0 heterocycles. The molecule has 10 heteroatoms. The molecule has 0 saturated carbocycles. The maximum Gasteiger partial charge on any atom is 0.261 e. The molecule has 3 N–H and O–H groups in total. The number of halogens is 1. The van der Waals surface area contributed by atoms with E-state index in [-0.39, 0.29) is 15.8 Å². The summed E-state index contributed by atoms with van der Waals surface area (Å²) >= 11 is 5.12. The van der Waals surface area contributed by atoms with Crippen molar-refractivity contribution in [1.29, 1.82) is 0 Å². The van der Waals surface area contributed by atoms with Crippen LogP contribution in [0, 0.1) is 5.82 Å². The number of sulfonamides is 1. The fraction of sp³-hybridized carbons (Fsp3) is 0.0833. The fourth-order valence-corrected chi connectivity index (χ4v) is 4.06. The second-order valence-corrected chi connectivity index (χ2v) is 9.01. The van der Waals surface area contributed by atoms with Crippen LogP contribution in [0.4, 0.5) is 15.8 Å². The first-order valence-corrected chi connectivity index (χ1v) is 12.1. The van der Waals surface area contributed by atoms with Crippen molar-refractivity contribution in [3.05, 3.63) is 90.3 Å². The Morgan fingerprint density at radius 3 is 2.21 bits per heavy atom. The summed E-state index contributed by atoms with van der Waals surface area (Å²) in [5.74, 6) is -0.187. The topological polar surface area (TPSA) is 96.5 Å². The Morgan fingerprint density at radius 1 is 0.971 bits per heavy atom. The van der Waals surface area contributed by atoms with Gasteiger partial charge in [-0.15, -0.1) is 0 Å². The van der Waals surface area contributed by atoms with Crippen molar-refractivity contribution < 1.29 is 22.3 Å².